The Kier molecular flexibility index (Phi) is 5.24. The third-order valence-corrected chi connectivity index (χ3v) is 5.09. The molecule has 0 saturated heterocycles. The third kappa shape index (κ3) is 4.12. The van der Waals surface area contributed by atoms with E-state index in [1.165, 1.54) is 4.90 Å². The molecule has 1 aromatic carbocycles. The van der Waals surface area contributed by atoms with Crippen molar-refractivity contribution in [3.05, 3.63) is 22.4 Å². The first-order chi connectivity index (χ1) is 12.6. The Labute approximate surface area is 161 Å². The van der Waals surface area contributed by atoms with Gasteiger partial charge in [-0.3, -0.25) is 4.90 Å². The van der Waals surface area contributed by atoms with Gasteiger partial charge in [0.25, 0.3) is 0 Å². The van der Waals surface area contributed by atoms with E-state index in [1.54, 1.807) is 0 Å². The van der Waals surface area contributed by atoms with Crippen LogP contribution in [0.1, 0.15) is 32.1 Å². The van der Waals surface area contributed by atoms with Gasteiger partial charge in [0.05, 0.1) is 10.2 Å². The molecule has 0 bridgehead atoms. The topological polar surface area (TPSA) is 89.2 Å². The molecule has 0 atom stereocenters. The fourth-order valence-electron chi connectivity index (χ4n) is 3.44. The Morgan fingerprint density at radius 1 is 1.19 bits per heavy atom. The van der Waals surface area contributed by atoms with E-state index in [9.17, 15) is 17.6 Å². The summed E-state index contributed by atoms with van der Waals surface area (Å²) in [4.78, 5) is 9.79. The number of rotatable bonds is 3. The molecule has 27 heavy (non-hydrogen) atoms. The fraction of sp³-hybridized carbons (Fsp3) is 0.500. The number of hydrogen-bond donors (Lipinski definition) is 2. The molecule has 1 aromatic rings. The second kappa shape index (κ2) is 7.17. The van der Waals surface area contributed by atoms with Gasteiger partial charge in [0, 0.05) is 6.07 Å². The minimum Gasteiger partial charge on any atom is -0.482 e. The first-order valence-electron chi connectivity index (χ1n) is 8.30. The highest BCUT2D eigenvalue weighted by molar-refractivity contribution is 9.10. The van der Waals surface area contributed by atoms with Crippen LogP contribution in [-0.2, 0) is 0 Å². The van der Waals surface area contributed by atoms with Crippen LogP contribution in [0.15, 0.2) is 26.6 Å². The zero-order valence-corrected chi connectivity index (χ0v) is 15.8. The van der Waals surface area contributed by atoms with E-state index < -0.39 is 24.3 Å². The van der Waals surface area contributed by atoms with Crippen LogP contribution in [-0.4, -0.2) is 30.4 Å². The molecule has 1 aliphatic heterocycles. The van der Waals surface area contributed by atoms with E-state index in [0.717, 1.165) is 31.4 Å². The number of ether oxygens (including phenoxy) is 1. The highest BCUT2D eigenvalue weighted by Gasteiger charge is 2.44. The van der Waals surface area contributed by atoms with E-state index in [-0.39, 0.29) is 27.8 Å². The maximum Gasteiger partial charge on any atom is 0.422 e. The molecule has 4 N–H and O–H groups in total. The maximum atomic E-state index is 14.3. The van der Waals surface area contributed by atoms with Gasteiger partial charge in [0.2, 0.25) is 11.9 Å². The SMILES string of the molecule is NC1=NC2(CCCCC2)N(c2cc(F)c(Br)cc2OCC(F)(F)F)C(N)=N1. The van der Waals surface area contributed by atoms with Crippen molar-refractivity contribution in [2.45, 2.75) is 43.9 Å². The summed E-state index contributed by atoms with van der Waals surface area (Å²) in [5.41, 5.74) is 10.9. The Hall–Kier alpha value is -2.04. The largest absolute Gasteiger partial charge is 0.482 e. The van der Waals surface area contributed by atoms with Gasteiger partial charge in [-0.05, 0) is 47.7 Å². The summed E-state index contributed by atoms with van der Waals surface area (Å²) in [6, 6.07) is 2.20. The number of guanidine groups is 2. The average molecular weight is 452 g/mol. The van der Waals surface area contributed by atoms with Gasteiger partial charge in [0.15, 0.2) is 6.61 Å². The standard InChI is InChI=1S/C16H18BrF4N5O/c17-9-6-12(27-8-16(19,20)21)11(7-10(9)18)26-14(23)24-13(22)25-15(26)4-2-1-3-5-15/h6-7H,1-5,8H2,(H4,22,23,24,25). The molecule has 0 aromatic heterocycles. The minimum absolute atomic E-state index is 0.0130. The normalized spacial score (nSPS) is 19.7. The van der Waals surface area contributed by atoms with E-state index >= 15 is 0 Å². The van der Waals surface area contributed by atoms with E-state index in [1.807, 2.05) is 0 Å². The van der Waals surface area contributed by atoms with Gasteiger partial charge in [-0.2, -0.15) is 18.2 Å². The van der Waals surface area contributed by atoms with Crippen LogP contribution in [0.2, 0.25) is 0 Å². The molecule has 2 aliphatic rings. The summed E-state index contributed by atoms with van der Waals surface area (Å²) in [6.07, 6.45) is -0.823. The number of anilines is 1. The highest BCUT2D eigenvalue weighted by Crippen LogP contribution is 2.44. The molecule has 1 saturated carbocycles. The average Bonchev–Trinajstić information content (AvgIpc) is 2.55. The molecule has 3 rings (SSSR count). The van der Waals surface area contributed by atoms with Crippen molar-refractivity contribution in [1.82, 2.24) is 0 Å². The van der Waals surface area contributed by atoms with Crippen molar-refractivity contribution >= 4 is 33.5 Å². The van der Waals surface area contributed by atoms with Crippen molar-refractivity contribution in [3.8, 4) is 5.75 Å². The molecule has 1 fully saturated rings. The fourth-order valence-corrected chi connectivity index (χ4v) is 3.76. The molecule has 0 amide bonds. The van der Waals surface area contributed by atoms with Crippen LogP contribution in [0.25, 0.3) is 0 Å². The Morgan fingerprint density at radius 3 is 2.48 bits per heavy atom. The van der Waals surface area contributed by atoms with Crippen molar-refractivity contribution in [3.63, 3.8) is 0 Å². The van der Waals surface area contributed by atoms with Crippen molar-refractivity contribution in [1.29, 1.82) is 0 Å². The van der Waals surface area contributed by atoms with E-state index in [0.29, 0.717) is 12.8 Å². The lowest BCUT2D eigenvalue weighted by molar-refractivity contribution is -0.153. The van der Waals surface area contributed by atoms with Gasteiger partial charge in [-0.15, -0.1) is 0 Å². The number of aliphatic imine (C=N–C) groups is 2. The summed E-state index contributed by atoms with van der Waals surface area (Å²) in [5.74, 6) is -0.936. The minimum atomic E-state index is -4.55. The first kappa shape index (κ1) is 19.7. The summed E-state index contributed by atoms with van der Waals surface area (Å²) >= 11 is 2.97. The summed E-state index contributed by atoms with van der Waals surface area (Å²) in [6.45, 7) is -1.53. The Bertz CT molecular complexity index is 790. The molecular formula is C16H18BrF4N5O. The quantitative estimate of drug-likeness (QED) is 0.686. The van der Waals surface area contributed by atoms with E-state index in [4.69, 9.17) is 16.2 Å². The van der Waals surface area contributed by atoms with E-state index in [2.05, 4.69) is 25.9 Å². The highest BCUT2D eigenvalue weighted by atomic mass is 79.9. The molecule has 1 heterocycles. The molecule has 0 radical (unpaired) electrons. The third-order valence-electron chi connectivity index (χ3n) is 4.49. The molecular weight excluding hydrogens is 434 g/mol. The van der Waals surface area contributed by atoms with Crippen molar-refractivity contribution < 1.29 is 22.3 Å². The summed E-state index contributed by atoms with van der Waals surface area (Å²) in [5, 5.41) is 0. The van der Waals surface area contributed by atoms with Gasteiger partial charge >= 0.3 is 6.18 Å². The van der Waals surface area contributed by atoms with Crippen LogP contribution in [0.3, 0.4) is 0 Å². The number of nitrogens with zero attached hydrogens (tertiary/aromatic N) is 3. The number of alkyl halides is 3. The predicted octanol–water partition coefficient (Wildman–Crippen LogP) is 3.64. The lowest BCUT2D eigenvalue weighted by Crippen LogP contribution is -2.58. The van der Waals surface area contributed by atoms with Crippen LogP contribution in [0, 0.1) is 5.82 Å². The lowest BCUT2D eigenvalue weighted by atomic mass is 9.87. The Balaban J connectivity index is 2.09. The zero-order valence-electron chi connectivity index (χ0n) is 14.2. The maximum absolute atomic E-state index is 14.3. The Morgan fingerprint density at radius 2 is 1.85 bits per heavy atom. The molecule has 1 aliphatic carbocycles. The first-order valence-corrected chi connectivity index (χ1v) is 9.09. The molecule has 148 valence electrons. The second-order valence-electron chi connectivity index (χ2n) is 6.46. The second-order valence-corrected chi connectivity index (χ2v) is 7.31. The van der Waals surface area contributed by atoms with Crippen LogP contribution < -0.4 is 21.1 Å². The number of halogens is 5. The van der Waals surface area contributed by atoms with Gasteiger partial charge in [0.1, 0.15) is 17.2 Å². The number of hydrogen-bond acceptors (Lipinski definition) is 6. The molecule has 11 heteroatoms. The lowest BCUT2D eigenvalue weighted by Gasteiger charge is -2.45. The van der Waals surface area contributed by atoms with Crippen molar-refractivity contribution in [2.24, 2.45) is 21.5 Å². The predicted molar refractivity (Wildman–Crippen MR) is 97.2 cm³/mol. The summed E-state index contributed by atoms with van der Waals surface area (Å²) < 4.78 is 57.2. The number of nitrogens with two attached hydrogens (primary N) is 2. The molecule has 1 spiro atoms. The smallest absolute Gasteiger partial charge is 0.422 e. The van der Waals surface area contributed by atoms with Gasteiger partial charge in [-0.1, -0.05) is 6.42 Å². The summed E-state index contributed by atoms with van der Waals surface area (Å²) in [7, 11) is 0. The zero-order chi connectivity index (χ0) is 19.8. The van der Waals surface area contributed by atoms with Gasteiger partial charge in [-0.25, -0.2) is 9.38 Å². The molecule has 0 unspecified atom stereocenters. The van der Waals surface area contributed by atoms with Crippen LogP contribution in [0.4, 0.5) is 23.2 Å². The van der Waals surface area contributed by atoms with Gasteiger partial charge < -0.3 is 16.2 Å². The van der Waals surface area contributed by atoms with Crippen molar-refractivity contribution in [2.75, 3.05) is 11.5 Å². The molecule has 6 nitrogen and oxygen atoms in total. The van der Waals surface area contributed by atoms with Crippen LogP contribution >= 0.6 is 15.9 Å². The number of benzene rings is 1. The monoisotopic (exact) mass is 451 g/mol. The van der Waals surface area contributed by atoms with Crippen LogP contribution in [0.5, 0.6) is 5.75 Å².